The van der Waals surface area contributed by atoms with Crippen LogP contribution >= 0.6 is 22.9 Å². The largest absolute Gasteiger partial charge is 0.368 e. The zero-order valence-electron chi connectivity index (χ0n) is 13.6. The fourth-order valence-corrected chi connectivity index (χ4v) is 4.26. The lowest BCUT2D eigenvalue weighted by Gasteiger charge is -2.39. The van der Waals surface area contributed by atoms with Crippen LogP contribution in [-0.2, 0) is 0 Å². The third kappa shape index (κ3) is 3.38. The number of hydrogen-bond donors (Lipinski definition) is 0. The molecule has 0 radical (unpaired) electrons. The van der Waals surface area contributed by atoms with E-state index in [0.717, 1.165) is 42.4 Å². The molecule has 1 atom stereocenters. The molecule has 1 aromatic heterocycles. The Hall–Kier alpha value is -1.70. The summed E-state index contributed by atoms with van der Waals surface area (Å²) in [5, 5.41) is 14.5. The van der Waals surface area contributed by atoms with Crippen molar-refractivity contribution < 1.29 is 4.92 Å². The highest BCUT2D eigenvalue weighted by Gasteiger charge is 2.26. The topological polar surface area (TPSA) is 62.5 Å². The van der Waals surface area contributed by atoms with Crippen molar-refractivity contribution in [1.82, 2.24) is 9.88 Å². The van der Waals surface area contributed by atoms with Crippen LogP contribution < -0.4 is 4.90 Å². The van der Waals surface area contributed by atoms with Gasteiger partial charge >= 0.3 is 0 Å². The molecule has 1 aromatic carbocycles. The summed E-state index contributed by atoms with van der Waals surface area (Å²) in [5.41, 5.74) is 1.79. The first-order valence-electron chi connectivity index (χ1n) is 7.80. The zero-order chi connectivity index (χ0) is 17.3. The van der Waals surface area contributed by atoms with E-state index in [1.54, 1.807) is 17.4 Å². The lowest BCUT2D eigenvalue weighted by Crippen LogP contribution is -2.47. The maximum Gasteiger partial charge on any atom is 0.271 e. The van der Waals surface area contributed by atoms with Crippen molar-refractivity contribution in [3.8, 4) is 0 Å². The van der Waals surface area contributed by atoms with E-state index in [0.29, 0.717) is 11.1 Å². The van der Waals surface area contributed by atoms with Crippen LogP contribution in [0, 0.1) is 17.0 Å². The van der Waals surface area contributed by atoms with Gasteiger partial charge in [-0.25, -0.2) is 4.98 Å². The van der Waals surface area contributed by atoms with Gasteiger partial charge in [0.25, 0.3) is 5.69 Å². The van der Waals surface area contributed by atoms with Gasteiger partial charge in [0.2, 0.25) is 0 Å². The second-order valence-corrected chi connectivity index (χ2v) is 7.25. The number of hydrogen-bond acceptors (Lipinski definition) is 6. The summed E-state index contributed by atoms with van der Waals surface area (Å²) in [7, 11) is 0. The standard InChI is InChI=1S/C16H19ClN4O2S/c1-11-9-13(21(22)23)10-14(17)15(11)20-6-4-19(5-7-20)12(2)16-18-3-8-24-16/h3,8-10,12H,4-7H2,1-2H3. The number of halogens is 1. The van der Waals surface area contributed by atoms with Crippen molar-refractivity contribution in [2.45, 2.75) is 19.9 Å². The van der Waals surface area contributed by atoms with E-state index in [2.05, 4.69) is 21.7 Å². The highest BCUT2D eigenvalue weighted by atomic mass is 35.5. The van der Waals surface area contributed by atoms with Gasteiger partial charge in [0.15, 0.2) is 0 Å². The predicted octanol–water partition coefficient (Wildman–Crippen LogP) is 3.90. The number of anilines is 1. The molecule has 1 saturated heterocycles. The van der Waals surface area contributed by atoms with Crippen LogP contribution in [-0.4, -0.2) is 41.0 Å². The fourth-order valence-electron chi connectivity index (χ4n) is 3.15. The van der Waals surface area contributed by atoms with Gasteiger partial charge in [-0.15, -0.1) is 11.3 Å². The van der Waals surface area contributed by atoms with Crippen LogP contribution in [0.2, 0.25) is 5.02 Å². The number of benzene rings is 1. The summed E-state index contributed by atoms with van der Waals surface area (Å²) >= 11 is 8.00. The summed E-state index contributed by atoms with van der Waals surface area (Å²) in [5.74, 6) is 0. The molecule has 24 heavy (non-hydrogen) atoms. The minimum Gasteiger partial charge on any atom is -0.368 e. The quantitative estimate of drug-likeness (QED) is 0.606. The van der Waals surface area contributed by atoms with E-state index in [1.165, 1.54) is 6.07 Å². The molecule has 1 aliphatic rings. The van der Waals surface area contributed by atoms with Gasteiger partial charge in [-0.1, -0.05) is 11.6 Å². The maximum atomic E-state index is 10.9. The smallest absolute Gasteiger partial charge is 0.271 e. The molecule has 0 aliphatic carbocycles. The summed E-state index contributed by atoms with van der Waals surface area (Å²) in [6.45, 7) is 7.56. The van der Waals surface area contributed by atoms with E-state index in [-0.39, 0.29) is 5.69 Å². The number of rotatable bonds is 4. The van der Waals surface area contributed by atoms with E-state index in [9.17, 15) is 10.1 Å². The third-order valence-corrected chi connectivity index (χ3v) is 5.67. The minimum atomic E-state index is -0.406. The normalized spacial score (nSPS) is 17.0. The molecular formula is C16H19ClN4O2S. The molecule has 1 aliphatic heterocycles. The first-order chi connectivity index (χ1) is 11.5. The van der Waals surface area contributed by atoms with Gasteiger partial charge in [0.05, 0.1) is 21.7 Å². The number of thiazole rings is 1. The third-order valence-electron chi connectivity index (χ3n) is 4.44. The number of piperazine rings is 1. The fraction of sp³-hybridized carbons (Fsp3) is 0.438. The van der Waals surface area contributed by atoms with Gasteiger partial charge in [-0.3, -0.25) is 15.0 Å². The molecule has 6 nitrogen and oxygen atoms in total. The molecule has 0 bridgehead atoms. The lowest BCUT2D eigenvalue weighted by atomic mass is 10.1. The Bertz CT molecular complexity index is 707. The van der Waals surface area contributed by atoms with E-state index in [1.807, 2.05) is 18.5 Å². The lowest BCUT2D eigenvalue weighted by molar-refractivity contribution is -0.384. The van der Waals surface area contributed by atoms with Crippen LogP contribution in [0.3, 0.4) is 0 Å². The van der Waals surface area contributed by atoms with Crippen LogP contribution in [0.5, 0.6) is 0 Å². The maximum absolute atomic E-state index is 10.9. The first-order valence-corrected chi connectivity index (χ1v) is 9.06. The zero-order valence-corrected chi connectivity index (χ0v) is 15.2. The summed E-state index contributed by atoms with van der Waals surface area (Å²) in [6, 6.07) is 3.33. The molecule has 128 valence electrons. The van der Waals surface area contributed by atoms with Gasteiger partial charge < -0.3 is 4.90 Å². The van der Waals surface area contributed by atoms with Crippen LogP contribution in [0.4, 0.5) is 11.4 Å². The van der Waals surface area contributed by atoms with Crippen molar-refractivity contribution in [1.29, 1.82) is 0 Å². The Kier molecular flexibility index (Phi) is 5.03. The Morgan fingerprint density at radius 3 is 2.58 bits per heavy atom. The Morgan fingerprint density at radius 1 is 1.33 bits per heavy atom. The van der Waals surface area contributed by atoms with E-state index < -0.39 is 4.92 Å². The van der Waals surface area contributed by atoms with Crippen molar-refractivity contribution in [2.24, 2.45) is 0 Å². The molecule has 3 rings (SSSR count). The SMILES string of the molecule is Cc1cc([N+](=O)[O-])cc(Cl)c1N1CCN(C(C)c2nccs2)CC1. The monoisotopic (exact) mass is 366 g/mol. The van der Waals surface area contributed by atoms with Crippen LogP contribution in [0.15, 0.2) is 23.7 Å². The second kappa shape index (κ2) is 7.04. The summed E-state index contributed by atoms with van der Waals surface area (Å²) < 4.78 is 0. The van der Waals surface area contributed by atoms with E-state index >= 15 is 0 Å². The molecule has 1 unspecified atom stereocenters. The Morgan fingerprint density at radius 2 is 2.04 bits per heavy atom. The number of aryl methyl sites for hydroxylation is 1. The second-order valence-electron chi connectivity index (χ2n) is 5.92. The molecular weight excluding hydrogens is 348 g/mol. The molecule has 8 heteroatoms. The number of non-ortho nitro benzene ring substituents is 1. The van der Waals surface area contributed by atoms with Crippen LogP contribution in [0.1, 0.15) is 23.5 Å². The molecule has 0 amide bonds. The van der Waals surface area contributed by atoms with Gasteiger partial charge in [0, 0.05) is 49.9 Å². The predicted molar refractivity (Wildman–Crippen MR) is 97.2 cm³/mol. The van der Waals surface area contributed by atoms with Gasteiger partial charge in [-0.05, 0) is 19.4 Å². The molecule has 0 N–H and O–H groups in total. The number of aromatic nitrogens is 1. The van der Waals surface area contributed by atoms with Crippen molar-refractivity contribution >= 4 is 34.3 Å². The average Bonchev–Trinajstić information content (AvgIpc) is 3.08. The number of nitrogens with zero attached hydrogens (tertiary/aromatic N) is 4. The van der Waals surface area contributed by atoms with Crippen molar-refractivity contribution in [3.05, 3.63) is 49.4 Å². The minimum absolute atomic E-state index is 0.0391. The average molecular weight is 367 g/mol. The molecule has 0 spiro atoms. The first kappa shape index (κ1) is 17.1. The van der Waals surface area contributed by atoms with Crippen molar-refractivity contribution in [3.63, 3.8) is 0 Å². The number of nitro groups is 1. The molecule has 1 fully saturated rings. The summed E-state index contributed by atoms with van der Waals surface area (Å²) in [6.07, 6.45) is 1.84. The summed E-state index contributed by atoms with van der Waals surface area (Å²) in [4.78, 5) is 19.6. The molecule has 2 aromatic rings. The molecule has 2 heterocycles. The Balaban J connectivity index is 1.72. The highest BCUT2D eigenvalue weighted by molar-refractivity contribution is 7.09. The van der Waals surface area contributed by atoms with Crippen molar-refractivity contribution in [2.75, 3.05) is 31.1 Å². The highest BCUT2D eigenvalue weighted by Crippen LogP contribution is 2.35. The van der Waals surface area contributed by atoms with Gasteiger partial charge in [-0.2, -0.15) is 0 Å². The van der Waals surface area contributed by atoms with Gasteiger partial charge in [0.1, 0.15) is 5.01 Å². The van der Waals surface area contributed by atoms with E-state index in [4.69, 9.17) is 11.6 Å². The van der Waals surface area contributed by atoms with Crippen LogP contribution in [0.25, 0.3) is 0 Å². The Labute approximate surface area is 149 Å². The number of nitro benzene ring substituents is 1. The molecule has 0 saturated carbocycles.